The molecule has 3 heteroatoms. The Balaban J connectivity index is 1.33. The Morgan fingerprint density at radius 1 is 0.912 bits per heavy atom. The molecule has 0 amide bonds. The van der Waals surface area contributed by atoms with E-state index in [1.807, 2.05) is 0 Å². The van der Waals surface area contributed by atoms with Gasteiger partial charge in [0.05, 0.1) is 0 Å². The number of para-hydroxylation sites is 1. The summed E-state index contributed by atoms with van der Waals surface area (Å²) in [4.78, 5) is 8.27. The van der Waals surface area contributed by atoms with E-state index in [4.69, 9.17) is 0 Å². The molecular weight excluding hydrogens is 414 g/mol. The lowest BCUT2D eigenvalue weighted by Gasteiger charge is -2.24. The van der Waals surface area contributed by atoms with Gasteiger partial charge in [-0.05, 0) is 67.6 Å². The first-order valence-electron chi connectivity index (χ1n) is 13.4. The largest absolute Gasteiger partial charge is 0.378 e. The summed E-state index contributed by atoms with van der Waals surface area (Å²) >= 11 is 0. The lowest BCUT2D eigenvalue weighted by Crippen LogP contribution is -2.28. The van der Waals surface area contributed by atoms with Gasteiger partial charge in [-0.25, -0.2) is 0 Å². The van der Waals surface area contributed by atoms with Gasteiger partial charge in [-0.15, -0.1) is 0 Å². The molecule has 2 aromatic carbocycles. The van der Waals surface area contributed by atoms with Gasteiger partial charge in [-0.3, -0.25) is 4.90 Å². The fourth-order valence-corrected chi connectivity index (χ4v) is 5.37. The molecule has 1 heterocycles. The molecule has 1 fully saturated rings. The van der Waals surface area contributed by atoms with E-state index in [0.29, 0.717) is 0 Å². The minimum Gasteiger partial charge on any atom is -0.378 e. The number of anilines is 1. The van der Waals surface area contributed by atoms with E-state index in [0.717, 1.165) is 25.4 Å². The Bertz CT molecular complexity index is 1010. The minimum atomic E-state index is 0.932. The van der Waals surface area contributed by atoms with Crippen molar-refractivity contribution >= 4 is 22.7 Å². The molecule has 3 nitrogen and oxygen atoms in total. The van der Waals surface area contributed by atoms with Crippen molar-refractivity contribution < 1.29 is 0 Å². The standard InChI is InChI=1S/C31H43N3/c1-33(2)29-19-17-27(18-20-29)13-9-22-34(24-21-26-11-5-3-4-6-12-26)23-10-14-28-25-32-31-16-8-7-15-30(28)31/h7-9,13,15-20,25-26,32H,3-6,10-12,14,21-24H2,1-2H3/b13-9+. The molecule has 0 radical (unpaired) electrons. The van der Waals surface area contributed by atoms with Crippen LogP contribution < -0.4 is 4.90 Å². The van der Waals surface area contributed by atoms with Gasteiger partial charge in [0.25, 0.3) is 0 Å². The van der Waals surface area contributed by atoms with Crippen LogP contribution >= 0.6 is 0 Å². The van der Waals surface area contributed by atoms with Crippen LogP contribution in [0.3, 0.4) is 0 Å². The third kappa shape index (κ3) is 7.24. The van der Waals surface area contributed by atoms with E-state index >= 15 is 0 Å². The Hall–Kier alpha value is -2.52. The summed E-state index contributed by atoms with van der Waals surface area (Å²) in [5.74, 6) is 0.932. The second-order valence-electron chi connectivity index (χ2n) is 10.3. The Morgan fingerprint density at radius 2 is 1.68 bits per heavy atom. The average Bonchev–Trinajstić information content (AvgIpc) is 3.08. The molecular formula is C31H43N3. The van der Waals surface area contributed by atoms with E-state index in [1.165, 1.54) is 85.6 Å². The van der Waals surface area contributed by atoms with Gasteiger partial charge in [-0.1, -0.05) is 81.0 Å². The zero-order valence-electron chi connectivity index (χ0n) is 21.3. The normalized spacial score (nSPS) is 15.4. The van der Waals surface area contributed by atoms with Crippen LogP contribution in [-0.2, 0) is 6.42 Å². The first kappa shape index (κ1) is 24.6. The van der Waals surface area contributed by atoms with Crippen LogP contribution in [0, 0.1) is 5.92 Å². The highest BCUT2D eigenvalue weighted by molar-refractivity contribution is 5.83. The fraction of sp³-hybridized carbons (Fsp3) is 0.484. The molecule has 0 aliphatic heterocycles. The van der Waals surface area contributed by atoms with E-state index in [-0.39, 0.29) is 0 Å². The fourth-order valence-electron chi connectivity index (χ4n) is 5.37. The zero-order valence-corrected chi connectivity index (χ0v) is 21.3. The van der Waals surface area contributed by atoms with Crippen LogP contribution in [0.4, 0.5) is 5.69 Å². The van der Waals surface area contributed by atoms with Crippen molar-refractivity contribution in [2.75, 3.05) is 38.6 Å². The molecule has 3 aromatic rings. The molecule has 4 rings (SSSR count). The molecule has 1 aliphatic carbocycles. The maximum absolute atomic E-state index is 3.44. The van der Waals surface area contributed by atoms with Gasteiger partial charge in [0.15, 0.2) is 0 Å². The topological polar surface area (TPSA) is 22.3 Å². The van der Waals surface area contributed by atoms with Gasteiger partial charge >= 0.3 is 0 Å². The summed E-state index contributed by atoms with van der Waals surface area (Å²) in [6, 6.07) is 17.5. The Kier molecular flexibility index (Phi) is 9.27. The van der Waals surface area contributed by atoms with Crippen molar-refractivity contribution in [1.29, 1.82) is 0 Å². The second-order valence-corrected chi connectivity index (χ2v) is 10.3. The number of hydrogen-bond acceptors (Lipinski definition) is 2. The van der Waals surface area contributed by atoms with Gasteiger partial charge in [-0.2, -0.15) is 0 Å². The maximum Gasteiger partial charge on any atom is 0.0456 e. The molecule has 0 bridgehead atoms. The Morgan fingerprint density at radius 3 is 2.44 bits per heavy atom. The molecule has 1 aliphatic rings. The molecule has 1 aromatic heterocycles. The van der Waals surface area contributed by atoms with Crippen LogP contribution in [0.15, 0.2) is 60.8 Å². The van der Waals surface area contributed by atoms with Gasteiger partial charge in [0, 0.05) is 43.4 Å². The van der Waals surface area contributed by atoms with E-state index in [1.54, 1.807) is 0 Å². The highest BCUT2D eigenvalue weighted by atomic mass is 15.1. The average molecular weight is 458 g/mol. The predicted molar refractivity (Wildman–Crippen MR) is 149 cm³/mol. The lowest BCUT2D eigenvalue weighted by molar-refractivity contribution is 0.263. The molecule has 0 saturated heterocycles. The summed E-state index contributed by atoms with van der Waals surface area (Å²) < 4.78 is 0. The number of aromatic nitrogens is 1. The van der Waals surface area contributed by atoms with E-state index in [2.05, 4.69) is 95.8 Å². The van der Waals surface area contributed by atoms with Crippen LogP contribution in [0.25, 0.3) is 17.0 Å². The number of rotatable bonds is 11. The number of hydrogen-bond donors (Lipinski definition) is 1. The highest BCUT2D eigenvalue weighted by Gasteiger charge is 2.14. The lowest BCUT2D eigenvalue weighted by atomic mass is 9.96. The van der Waals surface area contributed by atoms with Crippen molar-refractivity contribution in [1.82, 2.24) is 9.88 Å². The third-order valence-electron chi connectivity index (χ3n) is 7.51. The zero-order chi connectivity index (χ0) is 23.6. The molecule has 0 unspecified atom stereocenters. The van der Waals surface area contributed by atoms with Crippen molar-refractivity contribution in [2.45, 2.75) is 57.8 Å². The first-order valence-corrected chi connectivity index (χ1v) is 13.4. The van der Waals surface area contributed by atoms with Crippen molar-refractivity contribution in [2.24, 2.45) is 5.92 Å². The molecule has 1 saturated carbocycles. The number of fused-ring (bicyclic) bond motifs is 1. The van der Waals surface area contributed by atoms with E-state index in [9.17, 15) is 0 Å². The third-order valence-corrected chi connectivity index (χ3v) is 7.51. The number of benzene rings is 2. The van der Waals surface area contributed by atoms with Crippen LogP contribution in [0.2, 0.25) is 0 Å². The predicted octanol–water partition coefficient (Wildman–Crippen LogP) is 7.54. The van der Waals surface area contributed by atoms with Gasteiger partial charge < -0.3 is 9.88 Å². The van der Waals surface area contributed by atoms with Crippen molar-refractivity contribution in [3.05, 3.63) is 71.9 Å². The molecule has 1 N–H and O–H groups in total. The Labute approximate surface area is 206 Å². The second kappa shape index (κ2) is 12.8. The summed E-state index contributed by atoms with van der Waals surface area (Å²) in [5, 5.41) is 1.38. The first-order chi connectivity index (χ1) is 16.7. The summed E-state index contributed by atoms with van der Waals surface area (Å²) in [6.45, 7) is 3.43. The number of nitrogens with one attached hydrogen (secondary N) is 1. The molecule has 34 heavy (non-hydrogen) atoms. The highest BCUT2D eigenvalue weighted by Crippen LogP contribution is 2.26. The quantitative estimate of drug-likeness (QED) is 0.300. The molecule has 182 valence electrons. The monoisotopic (exact) mass is 457 g/mol. The molecule has 0 atom stereocenters. The van der Waals surface area contributed by atoms with Crippen LogP contribution in [0.5, 0.6) is 0 Å². The number of aromatic amines is 1. The summed E-state index contributed by atoms with van der Waals surface area (Å²) in [7, 11) is 4.18. The van der Waals surface area contributed by atoms with Gasteiger partial charge in [0.1, 0.15) is 0 Å². The van der Waals surface area contributed by atoms with Crippen LogP contribution in [0.1, 0.15) is 62.5 Å². The van der Waals surface area contributed by atoms with Crippen molar-refractivity contribution in [3.8, 4) is 0 Å². The SMILES string of the molecule is CN(C)c1ccc(/C=C/CN(CCCc2c[nH]c3ccccc23)CCC2CCCCCC2)cc1. The number of H-pyrrole nitrogens is 1. The van der Waals surface area contributed by atoms with Crippen molar-refractivity contribution in [3.63, 3.8) is 0 Å². The molecule has 0 spiro atoms. The number of nitrogens with zero attached hydrogens (tertiary/aromatic N) is 2. The summed E-state index contributed by atoms with van der Waals surface area (Å²) in [6.07, 6.45) is 19.2. The summed E-state index contributed by atoms with van der Waals surface area (Å²) in [5.41, 5.74) is 5.24. The smallest absolute Gasteiger partial charge is 0.0456 e. The number of aryl methyl sites for hydroxylation is 1. The minimum absolute atomic E-state index is 0.932. The van der Waals surface area contributed by atoms with Gasteiger partial charge in [0.2, 0.25) is 0 Å². The van der Waals surface area contributed by atoms with E-state index < -0.39 is 0 Å². The maximum atomic E-state index is 3.44. The van der Waals surface area contributed by atoms with Crippen LogP contribution in [-0.4, -0.2) is 43.6 Å².